The first-order valence-electron chi connectivity index (χ1n) is 5.79. The standard InChI is InChI=1S/2C6H9.4Bi.2ClH.Zr/c2*1-4-6(3)5-2;;;;;;;/h2*1-3H3;;;;;2*1H;. The average molecular weight is 1160 g/mol. The van der Waals surface area contributed by atoms with Crippen LogP contribution < -0.4 is 0 Å². The van der Waals surface area contributed by atoms with Gasteiger partial charge in [0, 0.05) is 0 Å². The summed E-state index contributed by atoms with van der Waals surface area (Å²) in [4.78, 5) is 0. The van der Waals surface area contributed by atoms with Crippen LogP contribution in [0.4, 0.5) is 0 Å². The van der Waals surface area contributed by atoms with Gasteiger partial charge in [-0.2, -0.15) is 0 Å². The van der Waals surface area contributed by atoms with E-state index < -0.39 is 0 Å². The number of allylic oxidation sites excluding steroid dienone is 4. The zero-order chi connectivity index (χ0) is 12.8. The Morgan fingerprint density at radius 3 is 1.26 bits per heavy atom. The van der Waals surface area contributed by atoms with Gasteiger partial charge in [-0.25, -0.2) is 0 Å². The molecular weight excluding hydrogens is 1140 g/mol. The molecule has 2 heterocycles. The van der Waals surface area contributed by atoms with Crippen LogP contribution in [0.2, 0.25) is 1.66 Å². The SMILES string of the molecule is C[C]1=C(C)[C](C)([Zr][C]2(C)[Bi]=[Bi][C](C)=C2C)[Bi]=[Bi]1.Cl.Cl. The molecule has 2 atom stereocenters. The third-order valence-electron chi connectivity index (χ3n) is 3.83. The quantitative estimate of drug-likeness (QED) is 0.373. The van der Waals surface area contributed by atoms with Crippen molar-refractivity contribution in [2.45, 2.75) is 43.2 Å². The predicted octanol–water partition coefficient (Wildman–Crippen LogP) is 3.45. The van der Waals surface area contributed by atoms with Crippen molar-refractivity contribution in [2.75, 3.05) is 0 Å². The van der Waals surface area contributed by atoms with Crippen LogP contribution >= 0.6 is 24.8 Å². The molecule has 0 aromatic heterocycles. The Hall–Kier alpha value is 4.48. The number of hydrogen-bond donors (Lipinski definition) is 0. The molecule has 0 saturated carbocycles. The Balaban J connectivity index is 0.00000162. The van der Waals surface area contributed by atoms with Gasteiger partial charge < -0.3 is 0 Å². The molecule has 0 aromatic rings. The van der Waals surface area contributed by atoms with E-state index in [2.05, 4.69) is 41.5 Å². The molecule has 0 saturated heterocycles. The van der Waals surface area contributed by atoms with Gasteiger partial charge >= 0.3 is 155 Å². The van der Waals surface area contributed by atoms with E-state index in [-0.39, 0.29) is 119 Å². The Labute approximate surface area is 175 Å². The number of hydrogen-bond acceptors (Lipinski definition) is 0. The van der Waals surface area contributed by atoms with Gasteiger partial charge in [0.15, 0.2) is 0 Å². The van der Waals surface area contributed by atoms with E-state index in [1.165, 1.54) is 0 Å². The molecular formula is C12H20Bi4Cl2Zr. The molecule has 2 rings (SSSR count). The van der Waals surface area contributed by atoms with Gasteiger partial charge in [0.05, 0.1) is 0 Å². The molecule has 2 aliphatic rings. The van der Waals surface area contributed by atoms with Gasteiger partial charge in [-0.3, -0.25) is 0 Å². The van der Waals surface area contributed by atoms with Crippen LogP contribution in [-0.4, -0.2) is 71.1 Å². The van der Waals surface area contributed by atoms with Crippen LogP contribution in [0.1, 0.15) is 41.5 Å². The summed E-state index contributed by atoms with van der Waals surface area (Å²) in [6.45, 7) is 15.6. The van der Waals surface area contributed by atoms with Crippen molar-refractivity contribution >= 4 is 95.9 Å². The Bertz CT molecular complexity index is 454. The Morgan fingerprint density at radius 2 is 1.05 bits per heavy atom. The normalized spacial score (nSPS) is 32.5. The van der Waals surface area contributed by atoms with Crippen LogP contribution in [0, 0.1) is 0 Å². The van der Waals surface area contributed by atoms with Crippen molar-refractivity contribution in [2.24, 2.45) is 0 Å². The van der Waals surface area contributed by atoms with Gasteiger partial charge in [0.25, 0.3) is 0 Å². The molecule has 0 amide bonds. The number of rotatable bonds is 2. The molecule has 2 unspecified atom stereocenters. The first-order valence-corrected chi connectivity index (χ1v) is 45.6. The fourth-order valence-electron chi connectivity index (χ4n) is 2.07. The molecule has 0 bridgehead atoms. The van der Waals surface area contributed by atoms with Crippen LogP contribution in [0.25, 0.3) is 0 Å². The summed E-state index contributed by atoms with van der Waals surface area (Å²) in [6, 6.07) is 0. The maximum atomic E-state index is 2.74. The summed E-state index contributed by atoms with van der Waals surface area (Å²) in [5, 5.41) is 0. The van der Waals surface area contributed by atoms with Crippen LogP contribution in [0.3, 0.4) is 0 Å². The minimum atomic E-state index is -0.178. The van der Waals surface area contributed by atoms with Gasteiger partial charge in [0.2, 0.25) is 0 Å². The number of halogens is 2. The van der Waals surface area contributed by atoms with E-state index in [0.717, 1.165) is 1.66 Å². The van der Waals surface area contributed by atoms with Crippen molar-refractivity contribution in [3.8, 4) is 0 Å². The summed E-state index contributed by atoms with van der Waals surface area (Å²) in [6.07, 6.45) is 0. The van der Waals surface area contributed by atoms with Crippen LogP contribution in [0.15, 0.2) is 17.7 Å². The van der Waals surface area contributed by atoms with Crippen molar-refractivity contribution in [1.29, 1.82) is 0 Å². The second-order valence-electron chi connectivity index (χ2n) is 5.09. The minimum Gasteiger partial charge on any atom is -0.147 e. The molecule has 0 fully saturated rings. The first-order chi connectivity index (χ1) is 7.78. The first kappa shape index (κ1) is 23.5. The molecule has 2 aliphatic heterocycles. The van der Waals surface area contributed by atoms with E-state index >= 15 is 0 Å². The zero-order valence-electron chi connectivity index (χ0n) is 12.1. The van der Waals surface area contributed by atoms with Crippen LogP contribution in [0.5, 0.6) is 0 Å². The molecule has 0 nitrogen and oxygen atoms in total. The van der Waals surface area contributed by atoms with E-state index in [1.54, 1.807) is 0 Å². The topological polar surface area (TPSA) is 0 Å². The van der Waals surface area contributed by atoms with E-state index in [4.69, 9.17) is 0 Å². The minimum absolute atomic E-state index is 0. The average Bonchev–Trinajstić information content (AvgIpc) is 2.66. The largest absolute Gasteiger partial charge is 0.147 e. The van der Waals surface area contributed by atoms with E-state index in [0.29, 0.717) is 0 Å². The summed E-state index contributed by atoms with van der Waals surface area (Å²) in [5.41, 5.74) is 3.92. The Kier molecular flexibility index (Phi) is 11.4. The van der Waals surface area contributed by atoms with Gasteiger partial charge in [0.1, 0.15) is 0 Å². The Morgan fingerprint density at radius 1 is 0.737 bits per heavy atom. The van der Waals surface area contributed by atoms with Crippen molar-refractivity contribution in [3.05, 3.63) is 17.7 Å². The maximum Gasteiger partial charge on any atom is -0.147 e. The summed E-state index contributed by atoms with van der Waals surface area (Å²) in [7, 11) is 0. The molecule has 0 spiro atoms. The third kappa shape index (κ3) is 5.22. The summed E-state index contributed by atoms with van der Waals surface area (Å²) in [5.74, 6) is 0. The fraction of sp³-hybridized carbons (Fsp3) is 0.667. The smallest absolute Gasteiger partial charge is 0.147 e. The molecule has 0 aliphatic carbocycles. The van der Waals surface area contributed by atoms with Gasteiger partial charge in [-0.05, 0) is 0 Å². The second kappa shape index (κ2) is 9.25. The van der Waals surface area contributed by atoms with E-state index in [1.807, 2.05) is 17.7 Å². The second-order valence-corrected chi connectivity index (χ2v) is 61.6. The molecule has 7 heteroatoms. The zero-order valence-corrected chi connectivity index (χ0v) is 30.1. The van der Waals surface area contributed by atoms with Crippen LogP contribution in [-0.2, 0) is 23.2 Å². The van der Waals surface area contributed by atoms with Gasteiger partial charge in [-0.15, -0.1) is 24.8 Å². The summed E-state index contributed by atoms with van der Waals surface area (Å²) >= 11 is -0.289. The summed E-state index contributed by atoms with van der Waals surface area (Å²) < 4.78 is 5.90. The molecule has 0 N–H and O–H groups in total. The predicted molar refractivity (Wildman–Crippen MR) is 91.0 cm³/mol. The maximum absolute atomic E-state index is 2.74. The molecule has 106 valence electrons. The van der Waals surface area contributed by atoms with Crippen molar-refractivity contribution in [3.63, 3.8) is 0 Å². The van der Waals surface area contributed by atoms with Crippen molar-refractivity contribution in [1.82, 2.24) is 0 Å². The van der Waals surface area contributed by atoms with E-state index in [9.17, 15) is 0 Å². The van der Waals surface area contributed by atoms with Crippen molar-refractivity contribution < 1.29 is 23.2 Å². The van der Waals surface area contributed by atoms with Gasteiger partial charge in [-0.1, -0.05) is 0 Å². The molecule has 0 aromatic carbocycles. The monoisotopic (exact) mass is 1160 g/mol. The molecule has 19 heavy (non-hydrogen) atoms. The third-order valence-corrected chi connectivity index (χ3v) is 117. The molecule has 0 radical (unpaired) electrons. The fourth-order valence-corrected chi connectivity index (χ4v) is 124.